The normalized spacial score (nSPS) is 14.7. The second-order valence-corrected chi connectivity index (χ2v) is 9.57. The van der Waals surface area contributed by atoms with Crippen molar-refractivity contribution in [2.75, 3.05) is 50.0 Å². The fraction of sp³-hybridized carbons (Fsp3) is 0.280. The highest BCUT2D eigenvalue weighted by molar-refractivity contribution is 7.92. The number of piperazine rings is 1. The molecular weight excluding hydrogens is 438 g/mol. The number of nitrogens with one attached hydrogen (secondary N) is 1. The summed E-state index contributed by atoms with van der Waals surface area (Å²) >= 11 is 0. The number of hydrogen-bond acceptors (Lipinski definition) is 6. The third-order valence-electron chi connectivity index (χ3n) is 5.77. The lowest BCUT2D eigenvalue weighted by Crippen LogP contribution is -2.45. The minimum absolute atomic E-state index is 0.0321. The van der Waals surface area contributed by atoms with E-state index in [1.807, 2.05) is 18.2 Å². The van der Waals surface area contributed by atoms with Crippen LogP contribution in [0.5, 0.6) is 11.5 Å². The zero-order valence-corrected chi connectivity index (χ0v) is 19.7. The van der Waals surface area contributed by atoms with E-state index in [-0.39, 0.29) is 10.6 Å². The molecule has 1 aliphatic heterocycles. The smallest absolute Gasteiger partial charge is 0.265 e. The standard InChI is InChI=1S/C25H29N3O4S/c1-31-23-12-13-24(32-2)25(18-23)33(29,30)26-21-10-8-20(9-11-21)19-27-14-16-28(17-15-27)22-6-4-3-5-7-22/h3-13,18,26H,14-17,19H2,1-2H3. The highest BCUT2D eigenvalue weighted by atomic mass is 32.2. The van der Waals surface area contributed by atoms with E-state index in [1.165, 1.54) is 26.0 Å². The summed E-state index contributed by atoms with van der Waals surface area (Å²) in [5, 5.41) is 0. The molecule has 0 atom stereocenters. The van der Waals surface area contributed by atoms with Crippen molar-refractivity contribution in [3.05, 3.63) is 78.4 Å². The Morgan fingerprint density at radius 1 is 0.848 bits per heavy atom. The van der Waals surface area contributed by atoms with Gasteiger partial charge >= 0.3 is 0 Å². The molecule has 1 N–H and O–H groups in total. The fourth-order valence-electron chi connectivity index (χ4n) is 3.94. The van der Waals surface area contributed by atoms with Crippen molar-refractivity contribution < 1.29 is 17.9 Å². The topological polar surface area (TPSA) is 71.1 Å². The summed E-state index contributed by atoms with van der Waals surface area (Å²) in [5.41, 5.74) is 2.91. The van der Waals surface area contributed by atoms with Gasteiger partial charge in [0.2, 0.25) is 0 Å². The van der Waals surface area contributed by atoms with E-state index in [1.54, 1.807) is 24.3 Å². The van der Waals surface area contributed by atoms with Crippen LogP contribution >= 0.6 is 0 Å². The van der Waals surface area contributed by atoms with Gasteiger partial charge in [0, 0.05) is 50.2 Å². The molecule has 8 heteroatoms. The quantitative estimate of drug-likeness (QED) is 0.543. The van der Waals surface area contributed by atoms with Gasteiger partial charge < -0.3 is 14.4 Å². The average Bonchev–Trinajstić information content (AvgIpc) is 2.85. The molecule has 0 spiro atoms. The Hall–Kier alpha value is -3.23. The van der Waals surface area contributed by atoms with E-state index in [0.717, 1.165) is 38.3 Å². The van der Waals surface area contributed by atoms with Gasteiger partial charge in [-0.1, -0.05) is 30.3 Å². The van der Waals surface area contributed by atoms with Crippen LogP contribution in [0.15, 0.2) is 77.7 Å². The lowest BCUT2D eigenvalue weighted by atomic mass is 10.1. The molecule has 0 saturated carbocycles. The van der Waals surface area contributed by atoms with E-state index >= 15 is 0 Å². The van der Waals surface area contributed by atoms with Crippen molar-refractivity contribution in [1.82, 2.24) is 4.90 Å². The van der Waals surface area contributed by atoms with E-state index < -0.39 is 10.0 Å². The predicted molar refractivity (Wildman–Crippen MR) is 131 cm³/mol. The number of rotatable bonds is 8. The minimum atomic E-state index is -3.83. The van der Waals surface area contributed by atoms with Crippen LogP contribution in [0.25, 0.3) is 0 Å². The second-order valence-electron chi connectivity index (χ2n) is 7.92. The van der Waals surface area contributed by atoms with Crippen LogP contribution in [0, 0.1) is 0 Å². The van der Waals surface area contributed by atoms with Gasteiger partial charge in [0.15, 0.2) is 0 Å². The first-order valence-corrected chi connectivity index (χ1v) is 12.3. The lowest BCUT2D eigenvalue weighted by molar-refractivity contribution is 0.250. The predicted octanol–water partition coefficient (Wildman–Crippen LogP) is 3.83. The summed E-state index contributed by atoms with van der Waals surface area (Å²) < 4.78 is 38.9. The molecule has 0 aromatic heterocycles. The number of methoxy groups -OCH3 is 2. The van der Waals surface area contributed by atoms with Crippen molar-refractivity contribution in [3.63, 3.8) is 0 Å². The van der Waals surface area contributed by atoms with Gasteiger partial charge in [-0.05, 0) is 42.0 Å². The lowest BCUT2D eigenvalue weighted by Gasteiger charge is -2.36. The Bertz CT molecular complexity index is 1160. The fourth-order valence-corrected chi connectivity index (χ4v) is 5.19. The van der Waals surface area contributed by atoms with Gasteiger partial charge in [-0.15, -0.1) is 0 Å². The Morgan fingerprint density at radius 2 is 1.55 bits per heavy atom. The Kier molecular flexibility index (Phi) is 7.05. The number of ether oxygens (including phenoxy) is 2. The monoisotopic (exact) mass is 467 g/mol. The average molecular weight is 468 g/mol. The Balaban J connectivity index is 1.37. The minimum Gasteiger partial charge on any atom is -0.497 e. The first kappa shape index (κ1) is 22.9. The van der Waals surface area contributed by atoms with Gasteiger partial charge in [0.05, 0.1) is 14.2 Å². The number of sulfonamides is 1. The Morgan fingerprint density at radius 3 is 2.18 bits per heavy atom. The SMILES string of the molecule is COc1ccc(OC)c(S(=O)(=O)Nc2ccc(CN3CCN(c4ccccc4)CC3)cc2)c1. The van der Waals surface area contributed by atoms with Gasteiger partial charge in [-0.2, -0.15) is 0 Å². The molecule has 0 aliphatic carbocycles. The molecule has 0 bridgehead atoms. The molecule has 174 valence electrons. The van der Waals surface area contributed by atoms with Gasteiger partial charge in [-0.25, -0.2) is 8.42 Å². The zero-order chi connectivity index (χ0) is 23.3. The highest BCUT2D eigenvalue weighted by Gasteiger charge is 2.21. The van der Waals surface area contributed by atoms with Crippen molar-refractivity contribution >= 4 is 21.4 Å². The summed E-state index contributed by atoms with van der Waals surface area (Å²) in [5.74, 6) is 0.702. The molecule has 7 nitrogen and oxygen atoms in total. The molecule has 0 unspecified atom stereocenters. The maximum absolute atomic E-state index is 12.9. The van der Waals surface area contributed by atoms with Crippen LogP contribution in [-0.4, -0.2) is 53.7 Å². The van der Waals surface area contributed by atoms with Gasteiger partial charge in [0.1, 0.15) is 16.4 Å². The maximum Gasteiger partial charge on any atom is 0.265 e. The summed E-state index contributed by atoms with van der Waals surface area (Å²) in [6.45, 7) is 4.78. The molecule has 0 radical (unpaired) electrons. The summed E-state index contributed by atoms with van der Waals surface area (Å²) in [6, 6.07) is 22.7. The van der Waals surface area contributed by atoms with Crippen LogP contribution in [0.3, 0.4) is 0 Å². The number of hydrogen-bond donors (Lipinski definition) is 1. The molecule has 1 heterocycles. The Labute approximate surface area is 195 Å². The van der Waals surface area contributed by atoms with Crippen molar-refractivity contribution in [2.24, 2.45) is 0 Å². The number of benzene rings is 3. The molecule has 33 heavy (non-hydrogen) atoms. The first-order chi connectivity index (χ1) is 16.0. The molecule has 0 amide bonds. The van der Waals surface area contributed by atoms with E-state index in [0.29, 0.717) is 11.4 Å². The molecule has 1 saturated heterocycles. The van der Waals surface area contributed by atoms with Crippen molar-refractivity contribution in [1.29, 1.82) is 0 Å². The third kappa shape index (κ3) is 5.58. The molecule has 1 fully saturated rings. The molecule has 1 aliphatic rings. The van der Waals surface area contributed by atoms with Crippen LogP contribution in [-0.2, 0) is 16.6 Å². The number of nitrogens with zero attached hydrogens (tertiary/aromatic N) is 2. The van der Waals surface area contributed by atoms with E-state index in [9.17, 15) is 8.42 Å². The second kappa shape index (κ2) is 10.1. The first-order valence-electron chi connectivity index (χ1n) is 10.8. The molecule has 4 rings (SSSR count). The third-order valence-corrected chi connectivity index (χ3v) is 7.17. The van der Waals surface area contributed by atoms with Gasteiger partial charge in [-0.3, -0.25) is 9.62 Å². The molecule has 3 aromatic rings. The highest BCUT2D eigenvalue weighted by Crippen LogP contribution is 2.30. The largest absolute Gasteiger partial charge is 0.497 e. The number of para-hydroxylation sites is 1. The summed E-state index contributed by atoms with van der Waals surface area (Å²) in [7, 11) is -0.900. The van der Waals surface area contributed by atoms with E-state index in [4.69, 9.17) is 9.47 Å². The molecule has 3 aromatic carbocycles. The van der Waals surface area contributed by atoms with Crippen molar-refractivity contribution in [2.45, 2.75) is 11.4 Å². The van der Waals surface area contributed by atoms with Crippen LogP contribution in [0.2, 0.25) is 0 Å². The summed E-state index contributed by atoms with van der Waals surface area (Å²) in [6.07, 6.45) is 0. The van der Waals surface area contributed by atoms with Gasteiger partial charge in [0.25, 0.3) is 10.0 Å². The van der Waals surface area contributed by atoms with Crippen LogP contribution in [0.4, 0.5) is 11.4 Å². The summed E-state index contributed by atoms with van der Waals surface area (Å²) in [4.78, 5) is 4.85. The molecular formula is C25H29N3O4S. The maximum atomic E-state index is 12.9. The van der Waals surface area contributed by atoms with Crippen LogP contribution in [0.1, 0.15) is 5.56 Å². The van der Waals surface area contributed by atoms with Crippen molar-refractivity contribution in [3.8, 4) is 11.5 Å². The van der Waals surface area contributed by atoms with Crippen LogP contribution < -0.4 is 19.1 Å². The number of anilines is 2. The van der Waals surface area contributed by atoms with E-state index in [2.05, 4.69) is 38.8 Å². The zero-order valence-electron chi connectivity index (χ0n) is 18.9.